The Hall–Kier alpha value is -2.75. The lowest BCUT2D eigenvalue weighted by Gasteiger charge is -2.32. The molecule has 0 saturated carbocycles. The summed E-state index contributed by atoms with van der Waals surface area (Å²) < 4.78 is 13.4. The average molecular weight is 334 g/mol. The van der Waals surface area contributed by atoms with Gasteiger partial charge in [-0.1, -0.05) is 30.3 Å². The van der Waals surface area contributed by atoms with Crippen molar-refractivity contribution in [1.82, 2.24) is 9.88 Å². The van der Waals surface area contributed by atoms with Crippen LogP contribution in [0.25, 0.3) is 10.8 Å². The Bertz CT molecular complexity index is 924. The van der Waals surface area contributed by atoms with E-state index in [1.54, 1.807) is 12.1 Å². The van der Waals surface area contributed by atoms with Crippen LogP contribution in [0.1, 0.15) is 34.8 Å². The number of amides is 1. The van der Waals surface area contributed by atoms with Crippen LogP contribution in [0.15, 0.2) is 60.8 Å². The van der Waals surface area contributed by atoms with E-state index in [4.69, 9.17) is 0 Å². The molecule has 1 amide bonds. The van der Waals surface area contributed by atoms with E-state index >= 15 is 0 Å². The summed E-state index contributed by atoms with van der Waals surface area (Å²) >= 11 is 0. The van der Waals surface area contributed by atoms with E-state index in [2.05, 4.69) is 17.1 Å². The summed E-state index contributed by atoms with van der Waals surface area (Å²) in [6, 6.07) is 16.2. The van der Waals surface area contributed by atoms with Crippen LogP contribution in [0.5, 0.6) is 0 Å². The van der Waals surface area contributed by atoms with E-state index in [9.17, 15) is 9.18 Å². The zero-order valence-electron chi connectivity index (χ0n) is 13.9. The number of benzene rings is 2. The van der Waals surface area contributed by atoms with Gasteiger partial charge >= 0.3 is 0 Å². The van der Waals surface area contributed by atoms with Gasteiger partial charge in [-0.15, -0.1) is 0 Å². The molecular weight excluding hydrogens is 315 g/mol. The molecule has 2 heterocycles. The van der Waals surface area contributed by atoms with Crippen LogP contribution in [-0.4, -0.2) is 28.9 Å². The molecule has 1 aliphatic heterocycles. The number of carbonyl (C=O) groups is 1. The van der Waals surface area contributed by atoms with E-state index < -0.39 is 0 Å². The Labute approximate surface area is 146 Å². The SMILES string of the molecule is O=C(c1cccc(F)c1)N1CCC[C@@H](c2cc3ccccc3cn2)C1. The summed E-state index contributed by atoms with van der Waals surface area (Å²) in [5.41, 5.74) is 1.43. The van der Waals surface area contributed by atoms with Crippen molar-refractivity contribution in [1.29, 1.82) is 0 Å². The van der Waals surface area contributed by atoms with Crippen molar-refractivity contribution in [2.75, 3.05) is 13.1 Å². The van der Waals surface area contributed by atoms with Gasteiger partial charge in [0.15, 0.2) is 0 Å². The topological polar surface area (TPSA) is 33.2 Å². The van der Waals surface area contributed by atoms with Gasteiger partial charge in [-0.25, -0.2) is 4.39 Å². The minimum Gasteiger partial charge on any atom is -0.338 e. The number of nitrogens with zero attached hydrogens (tertiary/aromatic N) is 2. The minimum atomic E-state index is -0.379. The van der Waals surface area contributed by atoms with Gasteiger partial charge in [0.05, 0.1) is 0 Å². The van der Waals surface area contributed by atoms with Crippen molar-refractivity contribution in [2.24, 2.45) is 0 Å². The molecule has 4 rings (SSSR count). The van der Waals surface area contributed by atoms with Crippen LogP contribution in [0, 0.1) is 5.82 Å². The lowest BCUT2D eigenvalue weighted by Crippen LogP contribution is -2.39. The predicted molar refractivity (Wildman–Crippen MR) is 96.0 cm³/mol. The maximum absolute atomic E-state index is 13.4. The molecule has 2 aromatic carbocycles. The molecule has 25 heavy (non-hydrogen) atoms. The molecule has 0 radical (unpaired) electrons. The second kappa shape index (κ2) is 6.63. The molecule has 4 heteroatoms. The number of likely N-dealkylation sites (tertiary alicyclic amines) is 1. The summed E-state index contributed by atoms with van der Waals surface area (Å²) in [7, 11) is 0. The monoisotopic (exact) mass is 334 g/mol. The van der Waals surface area contributed by atoms with E-state index in [0.717, 1.165) is 23.9 Å². The summed E-state index contributed by atoms with van der Waals surface area (Å²) in [6.07, 6.45) is 3.84. The summed E-state index contributed by atoms with van der Waals surface area (Å²) in [4.78, 5) is 19.1. The lowest BCUT2D eigenvalue weighted by molar-refractivity contribution is 0.0705. The maximum Gasteiger partial charge on any atom is 0.253 e. The van der Waals surface area contributed by atoms with Crippen molar-refractivity contribution in [3.8, 4) is 0 Å². The zero-order valence-corrected chi connectivity index (χ0v) is 13.9. The van der Waals surface area contributed by atoms with E-state index in [0.29, 0.717) is 18.7 Å². The van der Waals surface area contributed by atoms with Crippen molar-refractivity contribution in [3.63, 3.8) is 0 Å². The van der Waals surface area contributed by atoms with E-state index in [1.165, 1.54) is 17.5 Å². The van der Waals surface area contributed by atoms with Crippen LogP contribution in [-0.2, 0) is 0 Å². The van der Waals surface area contributed by atoms with Gasteiger partial charge < -0.3 is 4.90 Å². The maximum atomic E-state index is 13.4. The van der Waals surface area contributed by atoms with Crippen molar-refractivity contribution < 1.29 is 9.18 Å². The highest BCUT2D eigenvalue weighted by Crippen LogP contribution is 2.28. The largest absolute Gasteiger partial charge is 0.338 e. The Morgan fingerprint density at radius 3 is 2.76 bits per heavy atom. The van der Waals surface area contributed by atoms with Gasteiger partial charge in [-0.2, -0.15) is 0 Å². The lowest BCUT2D eigenvalue weighted by atomic mass is 9.93. The Balaban J connectivity index is 1.56. The van der Waals surface area contributed by atoms with Crippen LogP contribution in [0.2, 0.25) is 0 Å². The van der Waals surface area contributed by atoms with Crippen molar-refractivity contribution in [2.45, 2.75) is 18.8 Å². The highest BCUT2D eigenvalue weighted by molar-refractivity contribution is 5.94. The number of piperidine rings is 1. The highest BCUT2D eigenvalue weighted by atomic mass is 19.1. The molecule has 0 unspecified atom stereocenters. The van der Waals surface area contributed by atoms with Crippen LogP contribution >= 0.6 is 0 Å². The number of hydrogen-bond donors (Lipinski definition) is 0. The standard InChI is InChI=1S/C21H19FN2O/c22-19-9-3-7-16(11-19)21(25)24-10-4-8-18(14-24)20-12-15-5-1-2-6-17(15)13-23-20/h1-3,5-7,9,11-13,18H,4,8,10,14H2/t18-/m1/s1. The first-order chi connectivity index (χ1) is 12.2. The summed E-state index contributed by atoms with van der Waals surface area (Å²) in [5, 5.41) is 2.29. The molecule has 1 saturated heterocycles. The molecule has 1 fully saturated rings. The first kappa shape index (κ1) is 15.8. The highest BCUT2D eigenvalue weighted by Gasteiger charge is 2.26. The Morgan fingerprint density at radius 2 is 1.92 bits per heavy atom. The fraction of sp³-hybridized carbons (Fsp3) is 0.238. The Morgan fingerprint density at radius 1 is 1.08 bits per heavy atom. The molecule has 0 bridgehead atoms. The molecule has 1 aromatic heterocycles. The molecular formula is C21H19FN2O. The predicted octanol–water partition coefficient (Wildman–Crippen LogP) is 4.39. The average Bonchev–Trinajstić information content (AvgIpc) is 2.67. The number of carbonyl (C=O) groups excluding carboxylic acids is 1. The normalized spacial score (nSPS) is 17.6. The fourth-order valence-electron chi connectivity index (χ4n) is 3.53. The zero-order chi connectivity index (χ0) is 17.2. The van der Waals surface area contributed by atoms with Gasteiger partial charge in [-0.05, 0) is 42.5 Å². The van der Waals surface area contributed by atoms with Gasteiger partial charge in [0.2, 0.25) is 0 Å². The third-order valence-corrected chi connectivity index (χ3v) is 4.85. The molecule has 0 N–H and O–H groups in total. The minimum absolute atomic E-state index is 0.106. The number of hydrogen-bond acceptors (Lipinski definition) is 2. The third-order valence-electron chi connectivity index (χ3n) is 4.85. The molecule has 3 aromatic rings. The molecule has 1 atom stereocenters. The van der Waals surface area contributed by atoms with Crippen LogP contribution in [0.3, 0.4) is 0 Å². The Kier molecular flexibility index (Phi) is 4.18. The van der Waals surface area contributed by atoms with E-state index in [-0.39, 0.29) is 17.6 Å². The molecule has 1 aliphatic rings. The molecule has 3 nitrogen and oxygen atoms in total. The number of aromatic nitrogens is 1. The number of pyridine rings is 1. The molecule has 0 aliphatic carbocycles. The van der Waals surface area contributed by atoms with Gasteiger partial charge in [0, 0.05) is 41.8 Å². The van der Waals surface area contributed by atoms with Gasteiger partial charge in [-0.3, -0.25) is 9.78 Å². The van der Waals surface area contributed by atoms with Gasteiger partial charge in [0.1, 0.15) is 5.82 Å². The quantitative estimate of drug-likeness (QED) is 0.696. The first-order valence-electron chi connectivity index (χ1n) is 8.60. The second-order valence-corrected chi connectivity index (χ2v) is 6.56. The number of halogens is 1. The second-order valence-electron chi connectivity index (χ2n) is 6.56. The smallest absolute Gasteiger partial charge is 0.253 e. The fourth-order valence-corrected chi connectivity index (χ4v) is 3.53. The number of fused-ring (bicyclic) bond motifs is 1. The van der Waals surface area contributed by atoms with Crippen LogP contribution < -0.4 is 0 Å². The summed E-state index contributed by atoms with van der Waals surface area (Å²) in [5.74, 6) is -0.267. The molecule has 0 spiro atoms. The van der Waals surface area contributed by atoms with Crippen molar-refractivity contribution >= 4 is 16.7 Å². The van der Waals surface area contributed by atoms with Gasteiger partial charge in [0.25, 0.3) is 5.91 Å². The number of rotatable bonds is 2. The molecule has 126 valence electrons. The van der Waals surface area contributed by atoms with Crippen LogP contribution in [0.4, 0.5) is 4.39 Å². The third kappa shape index (κ3) is 3.25. The van der Waals surface area contributed by atoms with Crippen molar-refractivity contribution in [3.05, 3.63) is 77.9 Å². The van der Waals surface area contributed by atoms with E-state index in [1.807, 2.05) is 29.3 Å². The summed E-state index contributed by atoms with van der Waals surface area (Å²) in [6.45, 7) is 1.33. The first-order valence-corrected chi connectivity index (χ1v) is 8.60.